The summed E-state index contributed by atoms with van der Waals surface area (Å²) in [6.07, 6.45) is 6.06. The predicted molar refractivity (Wildman–Crippen MR) is 196 cm³/mol. The molecule has 1 atom stereocenters. The van der Waals surface area contributed by atoms with Crippen LogP contribution in [-0.4, -0.2) is 28.1 Å². The Hall–Kier alpha value is -2.99. The number of rotatable bonds is 8. The third kappa shape index (κ3) is 17.6. The van der Waals surface area contributed by atoms with Gasteiger partial charge in [-0.3, -0.25) is 9.59 Å². The number of hydrogen-bond donors (Lipinski definition) is 1. The summed E-state index contributed by atoms with van der Waals surface area (Å²) in [6.45, 7) is 28.8. The molecule has 46 heavy (non-hydrogen) atoms. The van der Waals surface area contributed by atoms with Crippen LogP contribution in [0.1, 0.15) is 145 Å². The van der Waals surface area contributed by atoms with Gasteiger partial charge < -0.3 is 14.3 Å². The standard InChI is InChI=1S/C19H18ClNO2.C7H12O3.C7H16.C4H10.C2H6/c1-11(22)17-10-16-18(23-17)14(19(2,3)4)9-15(21-16)12-5-7-13(20)8-6-12;1-5(2)6(3-4-8)7(9)10;1-5-6-7(2,3)4;1-3-4-2;1-2/h5-10H,1-4H3;4-6H,3H2,1-2H3,(H,9,10);5-6H2,1-4H3;3-4H2,1-2H3;1-2H3. The predicted octanol–water partition coefficient (Wildman–Crippen LogP) is 12.2. The number of nitrogens with zero attached hydrogens (tertiary/aromatic N) is 1. The van der Waals surface area contributed by atoms with Gasteiger partial charge in [-0.25, -0.2) is 4.98 Å². The quantitative estimate of drug-likeness (QED) is 0.191. The van der Waals surface area contributed by atoms with E-state index in [0.29, 0.717) is 33.6 Å². The summed E-state index contributed by atoms with van der Waals surface area (Å²) in [5.41, 5.74) is 4.65. The summed E-state index contributed by atoms with van der Waals surface area (Å²) in [7, 11) is 0. The Bertz CT molecular complexity index is 1290. The minimum Gasteiger partial charge on any atom is -0.481 e. The van der Waals surface area contributed by atoms with Gasteiger partial charge in [-0.1, -0.05) is 133 Å². The van der Waals surface area contributed by atoms with Crippen LogP contribution in [0.4, 0.5) is 0 Å². The number of unbranched alkanes of at least 4 members (excludes halogenated alkanes) is 1. The van der Waals surface area contributed by atoms with Crippen molar-refractivity contribution in [3.8, 4) is 11.3 Å². The zero-order valence-corrected chi connectivity index (χ0v) is 31.9. The van der Waals surface area contributed by atoms with Gasteiger partial charge in [0.15, 0.2) is 17.1 Å². The first-order valence-corrected chi connectivity index (χ1v) is 17.1. The van der Waals surface area contributed by atoms with Crippen LogP contribution in [-0.2, 0) is 15.0 Å². The first-order valence-electron chi connectivity index (χ1n) is 16.7. The van der Waals surface area contributed by atoms with Crippen molar-refractivity contribution in [2.75, 3.05) is 0 Å². The summed E-state index contributed by atoms with van der Waals surface area (Å²) < 4.78 is 5.76. The average Bonchev–Trinajstić information content (AvgIpc) is 3.41. The molecular formula is C39H62ClNO5. The molecule has 1 N–H and O–H groups in total. The minimum atomic E-state index is -0.887. The molecule has 260 valence electrons. The largest absolute Gasteiger partial charge is 0.481 e. The summed E-state index contributed by atoms with van der Waals surface area (Å²) in [4.78, 5) is 36.6. The van der Waals surface area contributed by atoms with Gasteiger partial charge in [-0.15, -0.1) is 0 Å². The lowest BCUT2D eigenvalue weighted by Gasteiger charge is -2.20. The number of furan rings is 1. The van der Waals surface area contributed by atoms with Crippen molar-refractivity contribution in [3.63, 3.8) is 0 Å². The first kappa shape index (κ1) is 45.1. The summed E-state index contributed by atoms with van der Waals surface area (Å²) in [6, 6.07) is 11.3. The van der Waals surface area contributed by atoms with E-state index in [1.165, 1.54) is 32.6 Å². The number of carboxylic acids is 1. The number of aromatic nitrogens is 1. The molecule has 1 aromatic carbocycles. The van der Waals surface area contributed by atoms with Crippen LogP contribution in [0, 0.1) is 17.3 Å². The number of aldehydes is 1. The van der Waals surface area contributed by atoms with Crippen LogP contribution in [0.5, 0.6) is 0 Å². The zero-order chi connectivity index (χ0) is 36.3. The number of pyridine rings is 1. The fourth-order valence-corrected chi connectivity index (χ4v) is 4.16. The monoisotopic (exact) mass is 659 g/mol. The Morgan fingerprint density at radius 1 is 0.935 bits per heavy atom. The number of aliphatic carboxylic acids is 1. The van der Waals surface area contributed by atoms with E-state index in [1.807, 2.05) is 44.2 Å². The Morgan fingerprint density at radius 3 is 1.76 bits per heavy atom. The number of halogens is 1. The lowest BCUT2D eigenvalue weighted by molar-refractivity contribution is -0.144. The smallest absolute Gasteiger partial charge is 0.307 e. The van der Waals surface area contributed by atoms with Crippen molar-refractivity contribution < 1.29 is 23.9 Å². The van der Waals surface area contributed by atoms with Crippen molar-refractivity contribution in [3.05, 3.63) is 52.7 Å². The Balaban J connectivity index is 0. The summed E-state index contributed by atoms with van der Waals surface area (Å²) in [5.74, 6) is -1.13. The van der Waals surface area contributed by atoms with E-state index >= 15 is 0 Å². The van der Waals surface area contributed by atoms with Gasteiger partial charge in [0.2, 0.25) is 0 Å². The second kappa shape index (κ2) is 22.5. The lowest BCUT2D eigenvalue weighted by atomic mass is 9.86. The average molecular weight is 660 g/mol. The van der Waals surface area contributed by atoms with E-state index in [9.17, 15) is 14.4 Å². The maximum atomic E-state index is 11.6. The second-order valence-electron chi connectivity index (χ2n) is 13.6. The molecule has 0 radical (unpaired) electrons. The van der Waals surface area contributed by atoms with Gasteiger partial charge in [0.25, 0.3) is 0 Å². The SMILES string of the molecule is CC.CC(=O)c1cc2nc(-c3ccc(Cl)cc3)cc(C(C)(C)C)c2o1.CC(C)C(CC=O)C(=O)O.CCCC.CCCC(C)(C)C. The Kier molecular flexibility index (Phi) is 22.1. The molecule has 1 unspecified atom stereocenters. The molecule has 6 nitrogen and oxygen atoms in total. The number of carboxylic acid groups (broad SMARTS) is 1. The number of carbonyl (C=O) groups is 3. The molecule has 7 heteroatoms. The topological polar surface area (TPSA) is 97.5 Å². The third-order valence-corrected chi connectivity index (χ3v) is 7.00. The molecule has 2 aromatic heterocycles. The highest BCUT2D eigenvalue weighted by atomic mass is 35.5. The maximum Gasteiger partial charge on any atom is 0.307 e. The molecule has 0 aliphatic heterocycles. The fourth-order valence-electron chi connectivity index (χ4n) is 4.03. The Morgan fingerprint density at radius 2 is 1.46 bits per heavy atom. The normalized spacial score (nSPS) is 11.4. The third-order valence-electron chi connectivity index (χ3n) is 6.75. The van der Waals surface area contributed by atoms with Crippen LogP contribution >= 0.6 is 11.6 Å². The van der Waals surface area contributed by atoms with Gasteiger partial charge in [0.1, 0.15) is 11.8 Å². The molecule has 0 aliphatic carbocycles. The molecule has 2 heterocycles. The first-order chi connectivity index (χ1) is 21.3. The fraction of sp³-hybridized carbons (Fsp3) is 0.590. The van der Waals surface area contributed by atoms with E-state index in [-0.39, 0.29) is 23.5 Å². The van der Waals surface area contributed by atoms with Crippen LogP contribution in [0.25, 0.3) is 22.4 Å². The molecule has 0 saturated carbocycles. The highest BCUT2D eigenvalue weighted by Crippen LogP contribution is 2.34. The van der Waals surface area contributed by atoms with Gasteiger partial charge in [0, 0.05) is 35.6 Å². The van der Waals surface area contributed by atoms with Gasteiger partial charge in [0.05, 0.1) is 11.6 Å². The highest BCUT2D eigenvalue weighted by molar-refractivity contribution is 6.30. The molecule has 3 aromatic rings. The van der Waals surface area contributed by atoms with Crippen molar-refractivity contribution in [2.45, 2.75) is 134 Å². The van der Waals surface area contributed by atoms with Crippen molar-refractivity contribution in [1.82, 2.24) is 4.98 Å². The highest BCUT2D eigenvalue weighted by Gasteiger charge is 2.23. The summed E-state index contributed by atoms with van der Waals surface area (Å²) in [5, 5.41) is 9.20. The molecule has 0 amide bonds. The van der Waals surface area contributed by atoms with Gasteiger partial charge in [-0.05, 0) is 41.4 Å². The van der Waals surface area contributed by atoms with E-state index in [2.05, 4.69) is 67.3 Å². The molecule has 0 fully saturated rings. The molecule has 0 aliphatic rings. The number of benzene rings is 1. The van der Waals surface area contributed by atoms with Crippen molar-refractivity contribution in [1.29, 1.82) is 0 Å². The number of Topliss-reactive ketones (excluding diaryl/α,β-unsaturated/α-hetero) is 1. The molecule has 3 rings (SSSR count). The van der Waals surface area contributed by atoms with Gasteiger partial charge >= 0.3 is 5.97 Å². The van der Waals surface area contributed by atoms with E-state index in [4.69, 9.17) is 21.1 Å². The van der Waals surface area contributed by atoms with Crippen LogP contribution in [0.15, 0.2) is 40.8 Å². The summed E-state index contributed by atoms with van der Waals surface area (Å²) >= 11 is 5.96. The zero-order valence-electron chi connectivity index (χ0n) is 31.1. The number of fused-ring (bicyclic) bond motifs is 1. The van der Waals surface area contributed by atoms with Crippen LogP contribution < -0.4 is 0 Å². The van der Waals surface area contributed by atoms with Crippen molar-refractivity contribution >= 4 is 40.7 Å². The number of carbonyl (C=O) groups excluding carboxylic acids is 2. The van der Waals surface area contributed by atoms with E-state index in [0.717, 1.165) is 16.8 Å². The number of hydrogen-bond acceptors (Lipinski definition) is 5. The van der Waals surface area contributed by atoms with E-state index < -0.39 is 11.9 Å². The molecule has 0 bridgehead atoms. The molecular weight excluding hydrogens is 598 g/mol. The van der Waals surface area contributed by atoms with E-state index in [1.54, 1.807) is 19.9 Å². The Labute approximate surface area is 284 Å². The maximum absolute atomic E-state index is 11.6. The van der Waals surface area contributed by atoms with Crippen LogP contribution in [0.2, 0.25) is 5.02 Å². The minimum absolute atomic E-state index is 0.0303. The van der Waals surface area contributed by atoms with Gasteiger partial charge in [-0.2, -0.15) is 0 Å². The van der Waals surface area contributed by atoms with Crippen molar-refractivity contribution in [2.24, 2.45) is 17.3 Å². The molecule has 0 saturated heterocycles. The second-order valence-corrected chi connectivity index (χ2v) is 14.0. The lowest BCUT2D eigenvalue weighted by Crippen LogP contribution is -2.19. The number of ketones is 1. The van der Waals surface area contributed by atoms with Crippen LogP contribution in [0.3, 0.4) is 0 Å². The molecule has 0 spiro atoms.